The second-order valence-electron chi connectivity index (χ2n) is 7.72. The lowest BCUT2D eigenvalue weighted by Gasteiger charge is -2.02. The van der Waals surface area contributed by atoms with Crippen molar-refractivity contribution in [3.63, 3.8) is 0 Å². The van der Waals surface area contributed by atoms with Crippen LogP contribution in [0.4, 0.5) is 0 Å². The van der Waals surface area contributed by atoms with Gasteiger partial charge in [0.2, 0.25) is 0 Å². The van der Waals surface area contributed by atoms with Crippen LogP contribution in [-0.4, -0.2) is 18.0 Å². The van der Waals surface area contributed by atoms with E-state index in [-0.39, 0.29) is 5.60 Å². The Hall–Kier alpha value is -1.15. The molecule has 0 N–H and O–H groups in total. The predicted octanol–water partition coefficient (Wildman–Crippen LogP) is 6.32. The van der Waals surface area contributed by atoms with Crippen LogP contribution in [0.2, 0.25) is 0 Å². The second kappa shape index (κ2) is 10.7. The van der Waals surface area contributed by atoms with Gasteiger partial charge in [0, 0.05) is 6.42 Å². The lowest BCUT2D eigenvalue weighted by Crippen LogP contribution is -2.02. The first-order chi connectivity index (χ1) is 11.3. The highest BCUT2D eigenvalue weighted by molar-refractivity contribution is 5.49. The Labute approximate surface area is 149 Å². The van der Waals surface area contributed by atoms with Crippen molar-refractivity contribution in [3.05, 3.63) is 34.9 Å². The van der Waals surface area contributed by atoms with Gasteiger partial charge in [-0.15, -0.1) is 0 Å². The Morgan fingerprint density at radius 2 is 1.29 bits per heavy atom. The number of allylic oxidation sites excluding steroid dienone is 6. The van der Waals surface area contributed by atoms with Crippen LogP contribution in [0.1, 0.15) is 86.0 Å². The molecule has 1 aliphatic rings. The molecule has 0 aromatic rings. The van der Waals surface area contributed by atoms with Crippen molar-refractivity contribution in [2.24, 2.45) is 0 Å². The van der Waals surface area contributed by atoms with Crippen LogP contribution in [0.3, 0.4) is 0 Å². The Morgan fingerprint density at radius 3 is 1.79 bits per heavy atom. The molecule has 1 rings (SSSR count). The molecule has 1 aliphatic heterocycles. The van der Waals surface area contributed by atoms with E-state index in [1.54, 1.807) is 0 Å². The Kier molecular flexibility index (Phi) is 9.28. The molecule has 0 saturated carbocycles. The van der Waals surface area contributed by atoms with Crippen molar-refractivity contribution in [2.75, 3.05) is 0 Å². The maximum Gasteiger partial charge on any atom is 0.120 e. The summed E-state index contributed by atoms with van der Waals surface area (Å²) in [5, 5.41) is 0. The van der Waals surface area contributed by atoms with Crippen LogP contribution < -0.4 is 0 Å². The molecule has 1 saturated heterocycles. The van der Waals surface area contributed by atoms with Crippen LogP contribution in [-0.2, 0) is 9.53 Å². The van der Waals surface area contributed by atoms with E-state index in [1.165, 1.54) is 16.7 Å². The van der Waals surface area contributed by atoms with Gasteiger partial charge in [0.1, 0.15) is 6.29 Å². The number of aldehydes is 1. The molecule has 1 unspecified atom stereocenters. The third-order valence-electron chi connectivity index (χ3n) is 4.81. The molecular formula is C22H36O2. The van der Waals surface area contributed by atoms with Crippen molar-refractivity contribution < 1.29 is 9.53 Å². The molecule has 2 heteroatoms. The summed E-state index contributed by atoms with van der Waals surface area (Å²) >= 11 is 0. The van der Waals surface area contributed by atoms with Gasteiger partial charge in [-0.25, -0.2) is 0 Å². The highest BCUT2D eigenvalue weighted by Crippen LogP contribution is 2.38. The molecule has 136 valence electrons. The summed E-state index contributed by atoms with van der Waals surface area (Å²) < 4.78 is 5.63. The highest BCUT2D eigenvalue weighted by atomic mass is 16.6. The number of ether oxygens (including phenoxy) is 1. The van der Waals surface area contributed by atoms with Crippen LogP contribution in [0.25, 0.3) is 0 Å². The van der Waals surface area contributed by atoms with E-state index in [0.29, 0.717) is 12.5 Å². The normalized spacial score (nSPS) is 21.0. The zero-order valence-electron chi connectivity index (χ0n) is 16.4. The minimum Gasteiger partial charge on any atom is -0.367 e. The number of carbonyl (C=O) groups excluding carboxylic acids is 1. The van der Waals surface area contributed by atoms with E-state index >= 15 is 0 Å². The van der Waals surface area contributed by atoms with Gasteiger partial charge in [-0.05, 0) is 79.6 Å². The van der Waals surface area contributed by atoms with Crippen LogP contribution >= 0.6 is 0 Å². The first kappa shape index (κ1) is 20.9. The van der Waals surface area contributed by atoms with Crippen LogP contribution in [0.15, 0.2) is 34.9 Å². The van der Waals surface area contributed by atoms with Gasteiger partial charge in [0.15, 0.2) is 0 Å². The van der Waals surface area contributed by atoms with E-state index in [4.69, 9.17) is 4.74 Å². The van der Waals surface area contributed by atoms with Crippen molar-refractivity contribution >= 4 is 6.29 Å². The molecule has 2 nitrogen and oxygen atoms in total. The smallest absolute Gasteiger partial charge is 0.120 e. The topological polar surface area (TPSA) is 29.6 Å². The largest absolute Gasteiger partial charge is 0.367 e. The van der Waals surface area contributed by atoms with Crippen molar-refractivity contribution in [1.82, 2.24) is 0 Å². The number of rotatable bonds is 12. The van der Waals surface area contributed by atoms with Gasteiger partial charge in [0.05, 0.1) is 11.7 Å². The molecule has 0 amide bonds. The van der Waals surface area contributed by atoms with Crippen LogP contribution in [0, 0.1) is 0 Å². The lowest BCUT2D eigenvalue weighted by atomic mass is 10.0. The Balaban J connectivity index is 2.14. The van der Waals surface area contributed by atoms with Gasteiger partial charge in [-0.3, -0.25) is 0 Å². The molecule has 1 heterocycles. The van der Waals surface area contributed by atoms with Crippen LogP contribution in [0.5, 0.6) is 0 Å². The number of hydrogen-bond acceptors (Lipinski definition) is 2. The fourth-order valence-electron chi connectivity index (χ4n) is 2.90. The monoisotopic (exact) mass is 332 g/mol. The van der Waals surface area contributed by atoms with E-state index in [9.17, 15) is 4.79 Å². The first-order valence-electron chi connectivity index (χ1n) is 9.43. The fourth-order valence-corrected chi connectivity index (χ4v) is 2.90. The standard InChI is InChI=1S/C22H36O2/c1-18(10-6-7-11-19(2)14-9-17-23)12-8-13-20(3)15-16-21-22(4,5)24-21/h10-11,13,17,21H,6-9,12,14-16H2,1-5H3/b18-10+,19-11+,20-13+. The third-order valence-corrected chi connectivity index (χ3v) is 4.81. The predicted molar refractivity (Wildman–Crippen MR) is 103 cm³/mol. The van der Waals surface area contributed by atoms with E-state index in [2.05, 4.69) is 52.8 Å². The van der Waals surface area contributed by atoms with Gasteiger partial charge in [0.25, 0.3) is 0 Å². The van der Waals surface area contributed by atoms with Gasteiger partial charge in [-0.2, -0.15) is 0 Å². The van der Waals surface area contributed by atoms with Gasteiger partial charge in [-0.1, -0.05) is 34.9 Å². The van der Waals surface area contributed by atoms with E-state index in [0.717, 1.165) is 51.2 Å². The number of epoxide rings is 1. The van der Waals surface area contributed by atoms with Crippen molar-refractivity contribution in [3.8, 4) is 0 Å². The quantitative estimate of drug-likeness (QED) is 0.181. The summed E-state index contributed by atoms with van der Waals surface area (Å²) in [7, 11) is 0. The maximum absolute atomic E-state index is 10.3. The molecule has 0 aromatic heterocycles. The van der Waals surface area contributed by atoms with E-state index < -0.39 is 0 Å². The molecule has 1 fully saturated rings. The minimum absolute atomic E-state index is 0.125. The van der Waals surface area contributed by atoms with Crippen molar-refractivity contribution in [2.45, 2.75) is 97.7 Å². The van der Waals surface area contributed by atoms with Gasteiger partial charge < -0.3 is 9.53 Å². The zero-order chi connectivity index (χ0) is 18.0. The third kappa shape index (κ3) is 9.22. The van der Waals surface area contributed by atoms with Gasteiger partial charge >= 0.3 is 0 Å². The minimum atomic E-state index is 0.125. The average Bonchev–Trinajstić information content (AvgIpc) is 3.14. The second-order valence-corrected chi connectivity index (χ2v) is 7.72. The lowest BCUT2D eigenvalue weighted by molar-refractivity contribution is -0.107. The summed E-state index contributed by atoms with van der Waals surface area (Å²) in [4.78, 5) is 10.3. The number of unbranched alkanes of at least 4 members (excludes halogenated alkanes) is 1. The molecule has 0 bridgehead atoms. The molecule has 0 aromatic carbocycles. The maximum atomic E-state index is 10.3. The molecule has 1 atom stereocenters. The Morgan fingerprint density at radius 1 is 0.833 bits per heavy atom. The number of hydrogen-bond donors (Lipinski definition) is 0. The first-order valence-corrected chi connectivity index (χ1v) is 9.43. The fraction of sp³-hybridized carbons (Fsp3) is 0.682. The molecule has 0 radical (unpaired) electrons. The molecule has 0 spiro atoms. The SMILES string of the molecule is C/C(=C\CC/C=C(\C)CC/C=C(\C)CCC1OC1(C)C)CCC=O. The summed E-state index contributed by atoms with van der Waals surface area (Å²) in [5.41, 5.74) is 4.42. The highest BCUT2D eigenvalue weighted by Gasteiger charge is 2.46. The summed E-state index contributed by atoms with van der Waals surface area (Å²) in [6.07, 6.45) is 16.8. The summed E-state index contributed by atoms with van der Waals surface area (Å²) in [5.74, 6) is 0. The zero-order valence-corrected chi connectivity index (χ0v) is 16.4. The van der Waals surface area contributed by atoms with E-state index in [1.807, 2.05) is 0 Å². The van der Waals surface area contributed by atoms with Crippen molar-refractivity contribution in [1.29, 1.82) is 0 Å². The molecule has 0 aliphatic carbocycles. The number of carbonyl (C=O) groups is 1. The average molecular weight is 333 g/mol. The molecular weight excluding hydrogens is 296 g/mol. The Bertz CT molecular complexity index is 480. The summed E-state index contributed by atoms with van der Waals surface area (Å²) in [6, 6.07) is 0. The summed E-state index contributed by atoms with van der Waals surface area (Å²) in [6.45, 7) is 10.9. The molecule has 24 heavy (non-hydrogen) atoms.